The lowest BCUT2D eigenvalue weighted by Crippen LogP contribution is -2.19. The van der Waals surface area contributed by atoms with Crippen molar-refractivity contribution in [1.82, 2.24) is 9.13 Å². The molecule has 8 nitrogen and oxygen atoms in total. The van der Waals surface area contributed by atoms with Crippen LogP contribution in [0.1, 0.15) is 15.9 Å². The molecule has 1 amide bonds. The number of hydrogen-bond acceptors (Lipinski definition) is 5. The van der Waals surface area contributed by atoms with E-state index in [1.165, 1.54) is 40.5 Å². The number of anilines is 1. The van der Waals surface area contributed by atoms with Crippen LogP contribution in [0.2, 0.25) is 0 Å². The van der Waals surface area contributed by atoms with Gasteiger partial charge in [-0.3, -0.25) is 13.9 Å². The molecule has 1 N–H and O–H groups in total. The molecular formula is C24H23N3O5S. The van der Waals surface area contributed by atoms with Crippen molar-refractivity contribution in [3.63, 3.8) is 0 Å². The van der Waals surface area contributed by atoms with Gasteiger partial charge in [-0.15, -0.1) is 0 Å². The Labute approximate surface area is 191 Å². The number of imidazole rings is 1. The highest BCUT2D eigenvalue weighted by Gasteiger charge is 2.26. The summed E-state index contributed by atoms with van der Waals surface area (Å²) < 4.78 is 35.2. The predicted molar refractivity (Wildman–Crippen MR) is 126 cm³/mol. The molecule has 0 aliphatic heterocycles. The van der Waals surface area contributed by atoms with E-state index in [4.69, 9.17) is 4.74 Å². The Morgan fingerprint density at radius 1 is 0.939 bits per heavy atom. The SMILES string of the molecule is COc1ccccc1C(=O)Nc1cc2c(cc1S(=O)(=O)c1ccc(C)cc1)n(C)c(=O)n2C. The summed E-state index contributed by atoms with van der Waals surface area (Å²) >= 11 is 0. The number of fused-ring (bicyclic) bond motifs is 1. The van der Waals surface area contributed by atoms with E-state index in [0.29, 0.717) is 16.8 Å². The van der Waals surface area contributed by atoms with Crippen LogP contribution in [0.25, 0.3) is 11.0 Å². The molecule has 0 radical (unpaired) electrons. The van der Waals surface area contributed by atoms with Crippen LogP contribution in [0.5, 0.6) is 5.75 Å². The second-order valence-corrected chi connectivity index (χ2v) is 9.63. The number of aryl methyl sites for hydroxylation is 3. The molecule has 0 aliphatic rings. The van der Waals surface area contributed by atoms with Gasteiger partial charge in [-0.1, -0.05) is 29.8 Å². The van der Waals surface area contributed by atoms with Crippen LogP contribution in [0.4, 0.5) is 5.69 Å². The summed E-state index contributed by atoms with van der Waals surface area (Å²) in [6.07, 6.45) is 0. The maximum atomic E-state index is 13.6. The Bertz CT molecular complexity index is 1550. The number of rotatable bonds is 5. The number of sulfone groups is 1. The Morgan fingerprint density at radius 3 is 2.18 bits per heavy atom. The number of nitrogens with one attached hydrogen (secondary N) is 1. The molecule has 9 heteroatoms. The highest BCUT2D eigenvalue weighted by atomic mass is 32.2. The molecular weight excluding hydrogens is 442 g/mol. The third kappa shape index (κ3) is 3.80. The molecule has 170 valence electrons. The maximum Gasteiger partial charge on any atom is 0.328 e. The highest BCUT2D eigenvalue weighted by molar-refractivity contribution is 7.91. The third-order valence-electron chi connectivity index (χ3n) is 5.59. The first-order valence-corrected chi connectivity index (χ1v) is 11.6. The Hall–Kier alpha value is -3.85. The Morgan fingerprint density at radius 2 is 1.55 bits per heavy atom. The highest BCUT2D eigenvalue weighted by Crippen LogP contribution is 2.32. The molecule has 33 heavy (non-hydrogen) atoms. The molecule has 0 spiro atoms. The lowest BCUT2D eigenvalue weighted by molar-refractivity contribution is 0.102. The average molecular weight is 466 g/mol. The van der Waals surface area contributed by atoms with E-state index in [9.17, 15) is 18.0 Å². The van der Waals surface area contributed by atoms with E-state index in [-0.39, 0.29) is 26.7 Å². The average Bonchev–Trinajstić information content (AvgIpc) is 3.02. The number of carbonyl (C=O) groups excluding carboxylic acids is 1. The van der Waals surface area contributed by atoms with Crippen molar-refractivity contribution in [2.24, 2.45) is 14.1 Å². The summed E-state index contributed by atoms with van der Waals surface area (Å²) in [6.45, 7) is 1.86. The second-order valence-electron chi connectivity index (χ2n) is 7.71. The standard InChI is InChI=1S/C24H23N3O5S/c1-15-9-11-16(12-10-15)33(30,31)22-14-20-19(26(2)24(29)27(20)3)13-18(22)25-23(28)17-7-5-6-8-21(17)32-4/h5-14H,1-4H3,(H,25,28). The number of aromatic nitrogens is 2. The van der Waals surface area contributed by atoms with Gasteiger partial charge in [0.1, 0.15) is 5.75 Å². The minimum Gasteiger partial charge on any atom is -0.496 e. The van der Waals surface area contributed by atoms with Crippen LogP contribution in [0.3, 0.4) is 0 Å². The van der Waals surface area contributed by atoms with Crippen molar-refractivity contribution < 1.29 is 17.9 Å². The number of ether oxygens (including phenoxy) is 1. The summed E-state index contributed by atoms with van der Waals surface area (Å²) in [5.74, 6) is -0.181. The Kier molecular flexibility index (Phi) is 5.59. The number of para-hydroxylation sites is 1. The molecule has 0 aliphatic carbocycles. The molecule has 1 aromatic heterocycles. The molecule has 0 atom stereocenters. The number of amides is 1. The molecule has 4 aromatic rings. The number of hydrogen-bond donors (Lipinski definition) is 1. The fraction of sp³-hybridized carbons (Fsp3) is 0.167. The van der Waals surface area contributed by atoms with Gasteiger partial charge < -0.3 is 10.1 Å². The van der Waals surface area contributed by atoms with E-state index >= 15 is 0 Å². The molecule has 1 heterocycles. The normalized spacial score (nSPS) is 11.5. The van der Waals surface area contributed by atoms with Crippen LogP contribution < -0.4 is 15.7 Å². The zero-order valence-electron chi connectivity index (χ0n) is 18.6. The van der Waals surface area contributed by atoms with Gasteiger partial charge in [0.25, 0.3) is 5.91 Å². The molecule has 3 aromatic carbocycles. The minimum absolute atomic E-state index is 0.0696. The van der Waals surface area contributed by atoms with E-state index < -0.39 is 15.7 Å². The molecule has 0 bridgehead atoms. The topological polar surface area (TPSA) is 99.4 Å². The summed E-state index contributed by atoms with van der Waals surface area (Å²) in [6, 6.07) is 16.0. The van der Waals surface area contributed by atoms with Crippen LogP contribution >= 0.6 is 0 Å². The van der Waals surface area contributed by atoms with Gasteiger partial charge in [0.2, 0.25) is 9.84 Å². The van der Waals surface area contributed by atoms with Crippen LogP contribution in [0, 0.1) is 6.92 Å². The van der Waals surface area contributed by atoms with Gasteiger partial charge in [-0.25, -0.2) is 13.2 Å². The molecule has 4 rings (SSSR count). The van der Waals surface area contributed by atoms with Crippen molar-refractivity contribution in [3.05, 3.63) is 82.3 Å². The summed E-state index contributed by atoms with van der Waals surface area (Å²) in [5, 5.41) is 2.71. The van der Waals surface area contributed by atoms with Crippen molar-refractivity contribution >= 4 is 32.5 Å². The summed E-state index contributed by atoms with van der Waals surface area (Å²) in [4.78, 5) is 25.5. The quantitative estimate of drug-likeness (QED) is 0.488. The van der Waals surface area contributed by atoms with Gasteiger partial charge in [0.05, 0.1) is 39.2 Å². The predicted octanol–water partition coefficient (Wildman–Crippen LogP) is 3.28. The number of nitrogens with zero attached hydrogens (tertiary/aromatic N) is 2. The first-order valence-electron chi connectivity index (χ1n) is 10.1. The van der Waals surface area contributed by atoms with Crippen molar-refractivity contribution in [1.29, 1.82) is 0 Å². The van der Waals surface area contributed by atoms with Gasteiger partial charge in [-0.05, 0) is 43.3 Å². The lowest BCUT2D eigenvalue weighted by Gasteiger charge is -2.14. The monoisotopic (exact) mass is 465 g/mol. The molecule has 0 saturated carbocycles. The van der Waals surface area contributed by atoms with Crippen molar-refractivity contribution in [3.8, 4) is 5.75 Å². The number of carbonyl (C=O) groups is 1. The van der Waals surface area contributed by atoms with E-state index in [1.54, 1.807) is 50.5 Å². The smallest absolute Gasteiger partial charge is 0.328 e. The maximum absolute atomic E-state index is 13.6. The van der Waals surface area contributed by atoms with Crippen LogP contribution in [-0.4, -0.2) is 30.6 Å². The first kappa shape index (κ1) is 22.3. The number of benzene rings is 3. The molecule has 0 saturated heterocycles. The van der Waals surface area contributed by atoms with Crippen molar-refractivity contribution in [2.75, 3.05) is 12.4 Å². The summed E-state index contributed by atoms with van der Waals surface area (Å²) in [7, 11) is 0.595. The minimum atomic E-state index is -4.01. The second kappa shape index (κ2) is 8.25. The number of methoxy groups -OCH3 is 1. The van der Waals surface area contributed by atoms with E-state index in [2.05, 4.69) is 5.32 Å². The summed E-state index contributed by atoms with van der Waals surface area (Å²) in [5.41, 5.74) is 1.85. The van der Waals surface area contributed by atoms with E-state index in [1.807, 2.05) is 6.92 Å². The van der Waals surface area contributed by atoms with Crippen LogP contribution in [0.15, 0.2) is 75.2 Å². The molecule has 0 unspecified atom stereocenters. The van der Waals surface area contributed by atoms with Gasteiger partial charge >= 0.3 is 5.69 Å². The zero-order valence-corrected chi connectivity index (χ0v) is 19.4. The van der Waals surface area contributed by atoms with Crippen molar-refractivity contribution in [2.45, 2.75) is 16.7 Å². The zero-order chi connectivity index (χ0) is 23.9. The largest absolute Gasteiger partial charge is 0.496 e. The Balaban J connectivity index is 1.94. The van der Waals surface area contributed by atoms with Gasteiger partial charge in [0, 0.05) is 14.1 Å². The molecule has 0 fully saturated rings. The van der Waals surface area contributed by atoms with Gasteiger partial charge in [0.15, 0.2) is 0 Å². The lowest BCUT2D eigenvalue weighted by atomic mass is 10.1. The fourth-order valence-electron chi connectivity index (χ4n) is 3.71. The first-order chi connectivity index (χ1) is 15.6. The van der Waals surface area contributed by atoms with Gasteiger partial charge in [-0.2, -0.15) is 0 Å². The van der Waals surface area contributed by atoms with Crippen LogP contribution in [-0.2, 0) is 23.9 Å². The van der Waals surface area contributed by atoms with E-state index in [0.717, 1.165) is 5.56 Å². The fourth-order valence-corrected chi connectivity index (χ4v) is 5.13. The third-order valence-corrected chi connectivity index (χ3v) is 7.40.